The molecule has 20 heavy (non-hydrogen) atoms. The number of nitrogen functional groups attached to an aromatic ring is 1. The maximum Gasteiger partial charge on any atom is 0.255 e. The van der Waals surface area contributed by atoms with E-state index in [0.717, 1.165) is 5.56 Å². The molecule has 0 heterocycles. The van der Waals surface area contributed by atoms with Gasteiger partial charge in [-0.2, -0.15) is 0 Å². The van der Waals surface area contributed by atoms with Crippen molar-refractivity contribution in [1.29, 1.82) is 0 Å². The number of hydrogen-bond acceptors (Lipinski definition) is 3. The van der Waals surface area contributed by atoms with Gasteiger partial charge in [-0.25, -0.2) is 0 Å². The van der Waals surface area contributed by atoms with Gasteiger partial charge in [-0.3, -0.25) is 4.79 Å². The first kappa shape index (κ1) is 13.9. The van der Waals surface area contributed by atoms with Crippen molar-refractivity contribution in [2.45, 2.75) is 13.8 Å². The van der Waals surface area contributed by atoms with Crippen LogP contribution in [-0.4, -0.2) is 12.5 Å². The van der Waals surface area contributed by atoms with E-state index in [1.54, 1.807) is 24.3 Å². The lowest BCUT2D eigenvalue weighted by Gasteiger charge is -2.12. The molecule has 0 fully saturated rings. The Kier molecular flexibility index (Phi) is 4.25. The number of nitrogens with one attached hydrogen (secondary N) is 1. The minimum absolute atomic E-state index is 0.205. The lowest BCUT2D eigenvalue weighted by molar-refractivity contribution is 0.102. The number of carbonyl (C=O) groups is 1. The van der Waals surface area contributed by atoms with Gasteiger partial charge in [-0.05, 0) is 49.7 Å². The van der Waals surface area contributed by atoms with Gasteiger partial charge in [0.05, 0.1) is 12.3 Å². The summed E-state index contributed by atoms with van der Waals surface area (Å²) in [6.07, 6.45) is 0. The maximum atomic E-state index is 12.2. The fourth-order valence-corrected chi connectivity index (χ4v) is 1.90. The molecule has 0 saturated carbocycles. The molecule has 0 aromatic heterocycles. The molecule has 0 bridgehead atoms. The summed E-state index contributed by atoms with van der Waals surface area (Å²) in [4.78, 5) is 12.2. The van der Waals surface area contributed by atoms with Crippen LogP contribution in [0.25, 0.3) is 0 Å². The Bertz CT molecular complexity index is 624. The monoisotopic (exact) mass is 270 g/mol. The number of hydrogen-bond donors (Lipinski definition) is 2. The van der Waals surface area contributed by atoms with E-state index >= 15 is 0 Å². The van der Waals surface area contributed by atoms with Crippen LogP contribution in [0.1, 0.15) is 22.8 Å². The van der Waals surface area contributed by atoms with E-state index in [1.807, 2.05) is 32.0 Å². The van der Waals surface area contributed by atoms with Crippen LogP contribution in [0.4, 0.5) is 11.4 Å². The summed E-state index contributed by atoms with van der Waals surface area (Å²) in [5.41, 5.74) is 8.49. The average molecular weight is 270 g/mol. The van der Waals surface area contributed by atoms with Crippen molar-refractivity contribution in [2.75, 3.05) is 17.7 Å². The number of aryl methyl sites for hydroxylation is 1. The number of nitrogens with two attached hydrogens (primary N) is 1. The van der Waals surface area contributed by atoms with Gasteiger partial charge >= 0.3 is 0 Å². The summed E-state index contributed by atoms with van der Waals surface area (Å²) >= 11 is 0. The van der Waals surface area contributed by atoms with Crippen LogP contribution in [0.3, 0.4) is 0 Å². The molecule has 0 aliphatic carbocycles. The highest BCUT2D eigenvalue weighted by atomic mass is 16.5. The van der Waals surface area contributed by atoms with E-state index in [1.165, 1.54) is 0 Å². The van der Waals surface area contributed by atoms with E-state index in [0.29, 0.717) is 29.3 Å². The van der Waals surface area contributed by atoms with Crippen LogP contribution in [0.5, 0.6) is 5.75 Å². The molecule has 0 spiro atoms. The number of anilines is 2. The van der Waals surface area contributed by atoms with Crippen LogP contribution < -0.4 is 15.8 Å². The quantitative estimate of drug-likeness (QED) is 0.838. The first-order chi connectivity index (χ1) is 9.60. The van der Waals surface area contributed by atoms with Crippen molar-refractivity contribution in [3.05, 3.63) is 53.6 Å². The molecule has 104 valence electrons. The van der Waals surface area contributed by atoms with E-state index in [-0.39, 0.29) is 5.91 Å². The largest absolute Gasteiger partial charge is 0.492 e. The molecule has 0 aliphatic rings. The van der Waals surface area contributed by atoms with Crippen LogP contribution in [0, 0.1) is 6.92 Å². The number of ether oxygens (including phenoxy) is 1. The smallest absolute Gasteiger partial charge is 0.255 e. The van der Waals surface area contributed by atoms with Crippen molar-refractivity contribution < 1.29 is 9.53 Å². The molecule has 0 unspecified atom stereocenters. The summed E-state index contributed by atoms with van der Waals surface area (Å²) < 4.78 is 5.51. The van der Waals surface area contributed by atoms with Crippen molar-refractivity contribution in [2.24, 2.45) is 0 Å². The lowest BCUT2D eigenvalue weighted by Crippen LogP contribution is -2.13. The Morgan fingerprint density at radius 1 is 1.25 bits per heavy atom. The van der Waals surface area contributed by atoms with Crippen molar-refractivity contribution in [1.82, 2.24) is 0 Å². The highest BCUT2D eigenvalue weighted by Crippen LogP contribution is 2.26. The zero-order valence-electron chi connectivity index (χ0n) is 11.6. The van der Waals surface area contributed by atoms with Gasteiger partial charge in [0, 0.05) is 11.3 Å². The number of benzene rings is 2. The second-order valence-corrected chi connectivity index (χ2v) is 4.51. The predicted octanol–water partition coefficient (Wildman–Crippen LogP) is 3.23. The van der Waals surface area contributed by atoms with Gasteiger partial charge in [0.15, 0.2) is 0 Å². The molecular weight excluding hydrogens is 252 g/mol. The third kappa shape index (κ3) is 3.29. The van der Waals surface area contributed by atoms with Gasteiger partial charge in [0.25, 0.3) is 5.91 Å². The Labute approximate surface area is 118 Å². The summed E-state index contributed by atoms with van der Waals surface area (Å²) in [6.45, 7) is 4.42. The molecule has 0 aliphatic heterocycles. The zero-order valence-corrected chi connectivity index (χ0v) is 11.6. The van der Waals surface area contributed by atoms with Crippen molar-refractivity contribution in [3.8, 4) is 5.75 Å². The normalized spacial score (nSPS) is 10.1. The predicted molar refractivity (Wildman–Crippen MR) is 81.2 cm³/mol. The maximum absolute atomic E-state index is 12.2. The second-order valence-electron chi connectivity index (χ2n) is 4.51. The minimum atomic E-state index is -0.205. The number of rotatable bonds is 4. The first-order valence-corrected chi connectivity index (χ1v) is 6.50. The summed E-state index contributed by atoms with van der Waals surface area (Å²) in [5.74, 6) is 0.458. The third-order valence-electron chi connectivity index (χ3n) is 2.83. The van der Waals surface area contributed by atoms with Crippen LogP contribution in [0.2, 0.25) is 0 Å². The Morgan fingerprint density at radius 3 is 2.75 bits per heavy atom. The Hall–Kier alpha value is -2.49. The van der Waals surface area contributed by atoms with Gasteiger partial charge in [0.1, 0.15) is 5.75 Å². The van der Waals surface area contributed by atoms with E-state index in [4.69, 9.17) is 10.5 Å². The number of amides is 1. The highest BCUT2D eigenvalue weighted by Gasteiger charge is 2.10. The van der Waals surface area contributed by atoms with Gasteiger partial charge in [0.2, 0.25) is 0 Å². The molecule has 0 atom stereocenters. The summed E-state index contributed by atoms with van der Waals surface area (Å²) in [5, 5.41) is 2.86. The SMILES string of the molecule is CCOc1ccc(C)cc1NC(=O)c1cccc(N)c1. The first-order valence-electron chi connectivity index (χ1n) is 6.50. The molecule has 0 radical (unpaired) electrons. The molecule has 4 heteroatoms. The van der Waals surface area contributed by atoms with Crippen molar-refractivity contribution >= 4 is 17.3 Å². The third-order valence-corrected chi connectivity index (χ3v) is 2.83. The fraction of sp³-hybridized carbons (Fsp3) is 0.188. The van der Waals surface area contributed by atoms with Crippen LogP contribution in [-0.2, 0) is 0 Å². The fourth-order valence-electron chi connectivity index (χ4n) is 1.90. The molecule has 3 N–H and O–H groups in total. The van der Waals surface area contributed by atoms with E-state index in [2.05, 4.69) is 5.32 Å². The minimum Gasteiger partial charge on any atom is -0.492 e. The molecule has 0 saturated heterocycles. The standard InChI is InChI=1S/C16H18N2O2/c1-3-20-15-8-7-11(2)9-14(15)18-16(19)12-5-4-6-13(17)10-12/h4-10H,3,17H2,1-2H3,(H,18,19). The van der Waals surface area contributed by atoms with Crippen LogP contribution >= 0.6 is 0 Å². The molecule has 2 aromatic carbocycles. The molecule has 2 aromatic rings. The lowest BCUT2D eigenvalue weighted by atomic mass is 10.1. The average Bonchev–Trinajstić information content (AvgIpc) is 2.42. The van der Waals surface area contributed by atoms with Crippen LogP contribution in [0.15, 0.2) is 42.5 Å². The molecule has 4 nitrogen and oxygen atoms in total. The van der Waals surface area contributed by atoms with Gasteiger partial charge < -0.3 is 15.8 Å². The topological polar surface area (TPSA) is 64.3 Å². The van der Waals surface area contributed by atoms with E-state index < -0.39 is 0 Å². The molecule has 1 amide bonds. The summed E-state index contributed by atoms with van der Waals surface area (Å²) in [6, 6.07) is 12.6. The number of carbonyl (C=O) groups excluding carboxylic acids is 1. The molecule has 2 rings (SSSR count). The summed E-state index contributed by atoms with van der Waals surface area (Å²) in [7, 11) is 0. The highest BCUT2D eigenvalue weighted by molar-refractivity contribution is 6.05. The van der Waals surface area contributed by atoms with E-state index in [9.17, 15) is 4.79 Å². The van der Waals surface area contributed by atoms with Gasteiger partial charge in [-0.15, -0.1) is 0 Å². The Morgan fingerprint density at radius 2 is 2.05 bits per heavy atom. The van der Waals surface area contributed by atoms with Gasteiger partial charge in [-0.1, -0.05) is 12.1 Å². The Balaban J connectivity index is 2.25. The van der Waals surface area contributed by atoms with Crippen molar-refractivity contribution in [3.63, 3.8) is 0 Å². The second kappa shape index (κ2) is 6.10. The molecular formula is C16H18N2O2. The zero-order chi connectivity index (χ0) is 14.5.